The minimum atomic E-state index is -0.126. The molecule has 1 aliphatic rings. The van der Waals surface area contributed by atoms with Gasteiger partial charge >= 0.3 is 0 Å². The molecule has 1 heterocycles. The third-order valence-corrected chi connectivity index (χ3v) is 1.99. The molecule has 0 aromatic carbocycles. The van der Waals surface area contributed by atoms with Gasteiger partial charge in [0.2, 0.25) is 5.28 Å². The van der Waals surface area contributed by atoms with E-state index in [1.54, 1.807) is 0 Å². The van der Waals surface area contributed by atoms with Gasteiger partial charge in [-0.15, -0.1) is 0 Å². The summed E-state index contributed by atoms with van der Waals surface area (Å²) >= 11 is 5.48. The van der Waals surface area contributed by atoms with Crippen LogP contribution in [0, 0.1) is 0 Å². The van der Waals surface area contributed by atoms with Gasteiger partial charge in [-0.2, -0.15) is 0 Å². The molecule has 0 bridgehead atoms. The summed E-state index contributed by atoms with van der Waals surface area (Å²) in [5.74, 6) is -0.126. The smallest absolute Gasteiger partial charge is 0.254 e. The van der Waals surface area contributed by atoms with E-state index in [0.717, 1.165) is 12.8 Å². The number of carbonyl (C=O) groups excluding carboxylic acids is 1. The van der Waals surface area contributed by atoms with Crippen LogP contribution in [0.1, 0.15) is 23.2 Å². The van der Waals surface area contributed by atoms with Gasteiger partial charge < -0.3 is 5.32 Å². The Balaban J connectivity index is 2.05. The van der Waals surface area contributed by atoms with E-state index in [-0.39, 0.29) is 11.2 Å². The maximum absolute atomic E-state index is 11.4. The van der Waals surface area contributed by atoms with Crippen LogP contribution in [0.5, 0.6) is 0 Å². The van der Waals surface area contributed by atoms with Crippen molar-refractivity contribution in [3.05, 3.63) is 23.2 Å². The normalized spacial score (nSPS) is 15.5. The van der Waals surface area contributed by atoms with E-state index in [2.05, 4.69) is 15.3 Å². The van der Waals surface area contributed by atoms with Crippen LogP contribution in [0.3, 0.4) is 0 Å². The lowest BCUT2D eigenvalue weighted by atomic mass is 10.3. The molecule has 1 aromatic heterocycles. The molecule has 4 nitrogen and oxygen atoms in total. The van der Waals surface area contributed by atoms with Gasteiger partial charge in [0, 0.05) is 18.4 Å². The molecule has 0 spiro atoms. The van der Waals surface area contributed by atoms with Crippen molar-refractivity contribution in [2.24, 2.45) is 0 Å². The average Bonchev–Trinajstić information content (AvgIpc) is 2.89. The zero-order valence-electron chi connectivity index (χ0n) is 6.83. The Kier molecular flexibility index (Phi) is 2.14. The molecule has 13 heavy (non-hydrogen) atoms. The molecule has 0 unspecified atom stereocenters. The summed E-state index contributed by atoms with van der Waals surface area (Å²) < 4.78 is 0. The number of hydrogen-bond donors (Lipinski definition) is 1. The highest BCUT2D eigenvalue weighted by molar-refractivity contribution is 6.28. The molecule has 2 rings (SSSR count). The Morgan fingerprint density at radius 3 is 2.62 bits per heavy atom. The summed E-state index contributed by atoms with van der Waals surface area (Å²) in [6.45, 7) is 0. The first-order chi connectivity index (χ1) is 6.25. The minimum Gasteiger partial charge on any atom is -0.349 e. The predicted octanol–water partition coefficient (Wildman–Crippen LogP) is 1.02. The molecule has 68 valence electrons. The first kappa shape index (κ1) is 8.44. The van der Waals surface area contributed by atoms with Crippen LogP contribution in [0.2, 0.25) is 5.28 Å². The molecule has 1 N–H and O–H groups in total. The second kappa shape index (κ2) is 3.30. The Morgan fingerprint density at radius 2 is 2.08 bits per heavy atom. The van der Waals surface area contributed by atoms with Gasteiger partial charge in [-0.1, -0.05) is 0 Å². The fourth-order valence-corrected chi connectivity index (χ4v) is 1.02. The van der Waals surface area contributed by atoms with Crippen LogP contribution < -0.4 is 5.32 Å². The first-order valence-corrected chi connectivity index (χ1v) is 4.42. The molecule has 5 heteroatoms. The van der Waals surface area contributed by atoms with Gasteiger partial charge in [-0.25, -0.2) is 9.97 Å². The number of nitrogens with one attached hydrogen (secondary N) is 1. The van der Waals surface area contributed by atoms with Gasteiger partial charge in [0.15, 0.2) is 0 Å². The van der Waals surface area contributed by atoms with Gasteiger partial charge in [0.25, 0.3) is 5.91 Å². The minimum absolute atomic E-state index is 0.126. The molecule has 1 amide bonds. The van der Waals surface area contributed by atoms with Gasteiger partial charge in [0.05, 0.1) is 5.56 Å². The van der Waals surface area contributed by atoms with Crippen molar-refractivity contribution in [3.63, 3.8) is 0 Å². The van der Waals surface area contributed by atoms with Crippen LogP contribution in [0.4, 0.5) is 0 Å². The molecule has 0 radical (unpaired) electrons. The average molecular weight is 198 g/mol. The zero-order chi connectivity index (χ0) is 9.26. The summed E-state index contributed by atoms with van der Waals surface area (Å²) in [4.78, 5) is 18.8. The summed E-state index contributed by atoms with van der Waals surface area (Å²) in [5.41, 5.74) is 0.455. The van der Waals surface area contributed by atoms with Crippen molar-refractivity contribution in [2.45, 2.75) is 18.9 Å². The lowest BCUT2D eigenvalue weighted by Crippen LogP contribution is -2.25. The molecule has 0 aliphatic heterocycles. The Bertz CT molecular complexity index is 321. The van der Waals surface area contributed by atoms with Gasteiger partial charge in [-0.3, -0.25) is 4.79 Å². The SMILES string of the molecule is O=C(NC1CC1)c1cnc(Cl)nc1. The number of hydrogen-bond acceptors (Lipinski definition) is 3. The first-order valence-electron chi connectivity index (χ1n) is 4.04. The summed E-state index contributed by atoms with van der Waals surface area (Å²) in [7, 11) is 0. The fourth-order valence-electron chi connectivity index (χ4n) is 0.926. The molecule has 0 atom stereocenters. The number of nitrogens with zero attached hydrogens (tertiary/aromatic N) is 2. The Hall–Kier alpha value is -1.16. The van der Waals surface area contributed by atoms with E-state index in [4.69, 9.17) is 11.6 Å². The van der Waals surface area contributed by atoms with E-state index in [1.165, 1.54) is 12.4 Å². The van der Waals surface area contributed by atoms with Gasteiger partial charge in [-0.05, 0) is 24.4 Å². The quantitative estimate of drug-likeness (QED) is 0.721. The van der Waals surface area contributed by atoms with E-state index in [1.807, 2.05) is 0 Å². The van der Waals surface area contributed by atoms with Crippen molar-refractivity contribution in [3.8, 4) is 0 Å². The summed E-state index contributed by atoms with van der Waals surface area (Å²) in [6, 6.07) is 0.350. The van der Waals surface area contributed by atoms with Crippen molar-refractivity contribution in [1.82, 2.24) is 15.3 Å². The van der Waals surface area contributed by atoms with Crippen molar-refractivity contribution < 1.29 is 4.79 Å². The monoisotopic (exact) mass is 197 g/mol. The number of aromatic nitrogens is 2. The maximum Gasteiger partial charge on any atom is 0.254 e. The Morgan fingerprint density at radius 1 is 1.46 bits per heavy atom. The zero-order valence-corrected chi connectivity index (χ0v) is 7.58. The molecule has 1 saturated carbocycles. The molecule has 1 aliphatic carbocycles. The van der Waals surface area contributed by atoms with Crippen LogP contribution in [0.25, 0.3) is 0 Å². The second-order valence-corrected chi connectivity index (χ2v) is 3.33. The second-order valence-electron chi connectivity index (χ2n) is 2.99. The van der Waals surface area contributed by atoms with Crippen LogP contribution in [-0.2, 0) is 0 Å². The topological polar surface area (TPSA) is 54.9 Å². The lowest BCUT2D eigenvalue weighted by Gasteiger charge is -2.01. The predicted molar refractivity (Wildman–Crippen MR) is 47.5 cm³/mol. The third kappa shape index (κ3) is 2.15. The summed E-state index contributed by atoms with van der Waals surface area (Å²) in [5, 5.41) is 2.98. The van der Waals surface area contributed by atoms with E-state index >= 15 is 0 Å². The molecule has 1 fully saturated rings. The fraction of sp³-hybridized carbons (Fsp3) is 0.375. The van der Waals surface area contributed by atoms with Crippen molar-refractivity contribution in [2.75, 3.05) is 0 Å². The number of rotatable bonds is 2. The largest absolute Gasteiger partial charge is 0.349 e. The molecular weight excluding hydrogens is 190 g/mol. The highest BCUT2D eigenvalue weighted by Gasteiger charge is 2.23. The third-order valence-electron chi connectivity index (χ3n) is 1.80. The van der Waals surface area contributed by atoms with Crippen molar-refractivity contribution in [1.29, 1.82) is 0 Å². The van der Waals surface area contributed by atoms with Crippen molar-refractivity contribution >= 4 is 17.5 Å². The lowest BCUT2D eigenvalue weighted by molar-refractivity contribution is 0.0950. The highest BCUT2D eigenvalue weighted by Crippen LogP contribution is 2.19. The van der Waals surface area contributed by atoms with Crippen LogP contribution in [0.15, 0.2) is 12.4 Å². The standard InChI is InChI=1S/C8H8ClN3O/c9-8-10-3-5(4-11-8)7(13)12-6-1-2-6/h3-4,6H,1-2H2,(H,12,13). The van der Waals surface area contributed by atoms with Crippen LogP contribution in [-0.4, -0.2) is 21.9 Å². The molecule has 0 saturated heterocycles. The van der Waals surface area contributed by atoms with E-state index in [0.29, 0.717) is 11.6 Å². The molecular formula is C8H8ClN3O. The summed E-state index contributed by atoms with van der Waals surface area (Å²) in [6.07, 6.45) is 4.99. The van der Waals surface area contributed by atoms with E-state index < -0.39 is 0 Å². The number of halogens is 1. The van der Waals surface area contributed by atoms with Gasteiger partial charge in [0.1, 0.15) is 0 Å². The van der Waals surface area contributed by atoms with Crippen LogP contribution >= 0.6 is 11.6 Å². The Labute approximate surface area is 80.3 Å². The maximum atomic E-state index is 11.4. The highest BCUT2D eigenvalue weighted by atomic mass is 35.5. The number of amides is 1. The molecule has 1 aromatic rings. The number of carbonyl (C=O) groups is 1. The van der Waals surface area contributed by atoms with E-state index in [9.17, 15) is 4.79 Å².